The monoisotopic (exact) mass is 437 g/mol. The van der Waals surface area contributed by atoms with Gasteiger partial charge < -0.3 is 9.47 Å². The Morgan fingerprint density at radius 1 is 0.969 bits per heavy atom. The first-order chi connectivity index (χ1) is 15.6. The zero-order valence-corrected chi connectivity index (χ0v) is 17.3. The van der Waals surface area contributed by atoms with Gasteiger partial charge in [-0.1, -0.05) is 60.7 Å². The van der Waals surface area contributed by atoms with Crippen molar-refractivity contribution in [2.75, 3.05) is 6.61 Å². The maximum Gasteiger partial charge on any atom is 0.436 e. The summed E-state index contributed by atoms with van der Waals surface area (Å²) in [5, 5.41) is 1.03. The van der Waals surface area contributed by atoms with Crippen molar-refractivity contribution in [1.29, 1.82) is 0 Å². The van der Waals surface area contributed by atoms with Gasteiger partial charge in [-0.15, -0.1) is 0 Å². The Morgan fingerprint density at radius 2 is 1.62 bits per heavy atom. The van der Waals surface area contributed by atoms with Gasteiger partial charge in [0, 0.05) is 12.6 Å². The number of benzene rings is 2. The van der Waals surface area contributed by atoms with Crippen LogP contribution in [0.2, 0.25) is 0 Å². The Balaban J connectivity index is 1.45. The number of hydroxylamine groups is 2. The molecular weight excluding hydrogens is 414 g/mol. The third-order valence-corrected chi connectivity index (χ3v) is 4.99. The highest BCUT2D eigenvalue weighted by Crippen LogP contribution is 2.24. The first kappa shape index (κ1) is 21.5. The van der Waals surface area contributed by atoms with Gasteiger partial charge in [-0.25, -0.2) is 9.59 Å². The van der Waals surface area contributed by atoms with Crippen LogP contribution < -0.4 is 11.2 Å². The third-order valence-electron chi connectivity index (χ3n) is 4.99. The number of carbonyl (C=O) groups excluding carboxylic acids is 1. The number of aromatic nitrogens is 2. The summed E-state index contributed by atoms with van der Waals surface area (Å²) in [6.07, 6.45) is 0.325. The highest BCUT2D eigenvalue weighted by molar-refractivity contribution is 5.66. The van der Waals surface area contributed by atoms with Crippen LogP contribution in [0.3, 0.4) is 0 Å². The fourth-order valence-corrected chi connectivity index (χ4v) is 3.37. The summed E-state index contributed by atoms with van der Waals surface area (Å²) in [7, 11) is 0. The van der Waals surface area contributed by atoms with Gasteiger partial charge in [0.15, 0.2) is 0 Å². The molecule has 0 radical (unpaired) electrons. The molecule has 3 aromatic rings. The van der Waals surface area contributed by atoms with Gasteiger partial charge in [0.1, 0.15) is 12.8 Å². The van der Waals surface area contributed by atoms with Gasteiger partial charge in [0.2, 0.25) is 0 Å². The van der Waals surface area contributed by atoms with E-state index in [0.29, 0.717) is 13.0 Å². The third kappa shape index (κ3) is 5.13. The van der Waals surface area contributed by atoms with Gasteiger partial charge in [0.05, 0.1) is 25.4 Å². The zero-order chi connectivity index (χ0) is 22.3. The normalized spacial score (nSPS) is 15.6. The SMILES string of the molecule is O=C(OCc1ccccc1)N1OCCC1n1cc(COCc2ccccc2)c(=O)[nH]c1=O. The van der Waals surface area contributed by atoms with E-state index < -0.39 is 23.5 Å². The topological polar surface area (TPSA) is 103 Å². The van der Waals surface area contributed by atoms with Crippen LogP contribution in [0, 0.1) is 0 Å². The van der Waals surface area contributed by atoms with Crippen molar-refractivity contribution in [3.8, 4) is 0 Å². The molecule has 1 saturated heterocycles. The first-order valence-corrected chi connectivity index (χ1v) is 10.2. The number of nitrogens with one attached hydrogen (secondary N) is 1. The molecule has 4 rings (SSSR count). The lowest BCUT2D eigenvalue weighted by Gasteiger charge is -2.23. The average molecular weight is 437 g/mol. The maximum absolute atomic E-state index is 12.6. The quantitative estimate of drug-likeness (QED) is 0.610. The molecule has 166 valence electrons. The van der Waals surface area contributed by atoms with Crippen LogP contribution in [0.5, 0.6) is 0 Å². The number of H-pyrrole nitrogens is 1. The van der Waals surface area contributed by atoms with Crippen molar-refractivity contribution in [2.24, 2.45) is 0 Å². The molecule has 9 heteroatoms. The lowest BCUT2D eigenvalue weighted by molar-refractivity contribution is -0.126. The molecule has 2 aromatic carbocycles. The van der Waals surface area contributed by atoms with Crippen molar-refractivity contribution in [3.05, 3.63) is 104 Å². The van der Waals surface area contributed by atoms with Crippen molar-refractivity contribution >= 4 is 6.09 Å². The molecule has 1 fully saturated rings. The van der Waals surface area contributed by atoms with E-state index in [9.17, 15) is 14.4 Å². The molecule has 2 heterocycles. The van der Waals surface area contributed by atoms with Gasteiger partial charge in [0.25, 0.3) is 5.56 Å². The van der Waals surface area contributed by atoms with Gasteiger partial charge in [-0.3, -0.25) is 19.2 Å². The van der Waals surface area contributed by atoms with E-state index in [1.54, 1.807) is 0 Å². The molecule has 1 aliphatic heterocycles. The standard InChI is InChI=1S/C23H23N3O6/c27-21-19(16-30-14-17-7-3-1-4-8-17)13-25(22(28)24-21)20-11-12-32-26(20)23(29)31-15-18-9-5-2-6-10-18/h1-10,13,20H,11-12,14-16H2,(H,24,27,28). The van der Waals surface area contributed by atoms with E-state index in [-0.39, 0.29) is 25.4 Å². The lowest BCUT2D eigenvalue weighted by atomic mass is 10.2. The Hall–Kier alpha value is -3.69. The Bertz CT molecular complexity index is 1160. The van der Waals surface area contributed by atoms with Gasteiger partial charge in [-0.05, 0) is 11.1 Å². The van der Waals surface area contributed by atoms with E-state index in [4.69, 9.17) is 14.3 Å². The van der Waals surface area contributed by atoms with E-state index >= 15 is 0 Å². The highest BCUT2D eigenvalue weighted by atomic mass is 16.7. The van der Waals surface area contributed by atoms with Gasteiger partial charge >= 0.3 is 11.8 Å². The highest BCUT2D eigenvalue weighted by Gasteiger charge is 2.34. The Labute approximate surface area is 183 Å². The zero-order valence-electron chi connectivity index (χ0n) is 17.3. The number of ether oxygens (including phenoxy) is 2. The number of amides is 1. The first-order valence-electron chi connectivity index (χ1n) is 10.2. The summed E-state index contributed by atoms with van der Waals surface area (Å²) in [5.74, 6) is 0. The van der Waals surface area contributed by atoms with Crippen LogP contribution in [-0.2, 0) is 34.1 Å². The summed E-state index contributed by atoms with van der Waals surface area (Å²) in [6, 6.07) is 18.8. The van der Waals surface area contributed by atoms with Crippen molar-refractivity contribution < 1.29 is 19.1 Å². The summed E-state index contributed by atoms with van der Waals surface area (Å²) >= 11 is 0. The van der Waals surface area contributed by atoms with Crippen LogP contribution >= 0.6 is 0 Å². The summed E-state index contributed by atoms with van der Waals surface area (Å²) in [5.41, 5.74) is 0.893. The van der Waals surface area contributed by atoms with Crippen molar-refractivity contribution in [1.82, 2.24) is 14.6 Å². The molecule has 0 bridgehead atoms. The molecule has 0 aliphatic carbocycles. The molecule has 0 saturated carbocycles. The maximum atomic E-state index is 12.6. The van der Waals surface area contributed by atoms with Crippen LogP contribution in [0.4, 0.5) is 4.79 Å². The van der Waals surface area contributed by atoms with E-state index in [1.165, 1.54) is 10.8 Å². The summed E-state index contributed by atoms with van der Waals surface area (Å²) in [6.45, 7) is 0.641. The fourth-order valence-electron chi connectivity index (χ4n) is 3.37. The molecular formula is C23H23N3O6. The second-order valence-electron chi connectivity index (χ2n) is 7.27. The number of hydrogen-bond donors (Lipinski definition) is 1. The summed E-state index contributed by atoms with van der Waals surface area (Å²) in [4.78, 5) is 45.0. The molecule has 32 heavy (non-hydrogen) atoms. The minimum absolute atomic E-state index is 0.0105. The number of aromatic amines is 1. The molecule has 1 aromatic heterocycles. The molecule has 1 atom stereocenters. The predicted octanol–water partition coefficient (Wildman–Crippen LogP) is 2.73. The Kier molecular flexibility index (Phi) is 6.78. The largest absolute Gasteiger partial charge is 0.443 e. The fraction of sp³-hybridized carbons (Fsp3) is 0.261. The van der Waals surface area contributed by atoms with Crippen LogP contribution in [0.1, 0.15) is 29.3 Å². The molecule has 1 N–H and O–H groups in total. The molecule has 9 nitrogen and oxygen atoms in total. The van der Waals surface area contributed by atoms with E-state index in [0.717, 1.165) is 16.2 Å². The van der Waals surface area contributed by atoms with Crippen LogP contribution in [-0.4, -0.2) is 27.3 Å². The number of hydrogen-bond acceptors (Lipinski definition) is 6. The molecule has 0 spiro atoms. The van der Waals surface area contributed by atoms with E-state index in [2.05, 4.69) is 4.98 Å². The second-order valence-corrected chi connectivity index (χ2v) is 7.27. The van der Waals surface area contributed by atoms with Crippen LogP contribution in [0.15, 0.2) is 76.4 Å². The smallest absolute Gasteiger partial charge is 0.436 e. The van der Waals surface area contributed by atoms with Crippen LogP contribution in [0.25, 0.3) is 0 Å². The minimum Gasteiger partial charge on any atom is -0.443 e. The van der Waals surface area contributed by atoms with Crippen molar-refractivity contribution in [2.45, 2.75) is 32.4 Å². The second kappa shape index (κ2) is 10.1. The molecule has 1 unspecified atom stereocenters. The number of rotatable bonds is 7. The lowest BCUT2D eigenvalue weighted by Crippen LogP contribution is -2.40. The number of nitrogens with zero attached hydrogens (tertiary/aromatic N) is 2. The predicted molar refractivity (Wildman–Crippen MR) is 114 cm³/mol. The minimum atomic E-state index is -0.740. The van der Waals surface area contributed by atoms with E-state index in [1.807, 2.05) is 60.7 Å². The molecule has 1 aliphatic rings. The number of carbonyl (C=O) groups is 1. The van der Waals surface area contributed by atoms with Gasteiger partial charge in [-0.2, -0.15) is 5.06 Å². The molecule has 1 amide bonds. The average Bonchev–Trinajstić information content (AvgIpc) is 3.30. The Morgan fingerprint density at radius 3 is 2.31 bits per heavy atom. The summed E-state index contributed by atoms with van der Waals surface area (Å²) < 4.78 is 12.2. The van der Waals surface area contributed by atoms with Crippen molar-refractivity contribution in [3.63, 3.8) is 0 Å².